The van der Waals surface area contributed by atoms with E-state index in [9.17, 15) is 13.2 Å². The van der Waals surface area contributed by atoms with E-state index in [0.29, 0.717) is 5.13 Å². The zero-order valence-corrected chi connectivity index (χ0v) is 15.9. The van der Waals surface area contributed by atoms with Crippen molar-refractivity contribution in [3.8, 4) is 17.0 Å². The van der Waals surface area contributed by atoms with Gasteiger partial charge in [0, 0.05) is 10.4 Å². The summed E-state index contributed by atoms with van der Waals surface area (Å²) in [6.07, 6.45) is 1.27. The molecule has 1 N–H and O–H groups in total. The zero-order valence-electron chi connectivity index (χ0n) is 14.3. The van der Waals surface area contributed by atoms with Crippen LogP contribution in [0.25, 0.3) is 11.3 Å². The van der Waals surface area contributed by atoms with Crippen LogP contribution in [0.4, 0.5) is 5.13 Å². The molecule has 0 saturated heterocycles. The highest BCUT2D eigenvalue weighted by molar-refractivity contribution is 7.92. The summed E-state index contributed by atoms with van der Waals surface area (Å²) in [5.74, 6) is -0.0986. The van der Waals surface area contributed by atoms with Crippen LogP contribution in [0.3, 0.4) is 0 Å². The molecule has 0 aliphatic rings. The van der Waals surface area contributed by atoms with Gasteiger partial charge in [-0.1, -0.05) is 6.08 Å². The van der Waals surface area contributed by atoms with Gasteiger partial charge in [0.2, 0.25) is 5.91 Å². The van der Waals surface area contributed by atoms with Gasteiger partial charge in [-0.3, -0.25) is 4.79 Å². The van der Waals surface area contributed by atoms with Gasteiger partial charge in [0.15, 0.2) is 15.0 Å². The van der Waals surface area contributed by atoms with E-state index in [2.05, 4.69) is 16.9 Å². The maximum absolute atomic E-state index is 12.2. The van der Waals surface area contributed by atoms with E-state index in [4.69, 9.17) is 4.74 Å². The van der Waals surface area contributed by atoms with E-state index in [1.807, 2.05) is 31.2 Å². The molecule has 6 nitrogen and oxygen atoms in total. The molecule has 0 aliphatic heterocycles. The molecule has 1 amide bonds. The molecular formula is C17H20N2O4S2. The second-order valence-electron chi connectivity index (χ2n) is 5.40. The normalized spacial score (nSPS) is 12.4. The molecule has 1 aromatic heterocycles. The van der Waals surface area contributed by atoms with Crippen molar-refractivity contribution < 1.29 is 17.9 Å². The highest BCUT2D eigenvalue weighted by Crippen LogP contribution is 2.31. The van der Waals surface area contributed by atoms with Crippen molar-refractivity contribution in [2.75, 3.05) is 18.2 Å². The Kier molecular flexibility index (Phi) is 5.97. The van der Waals surface area contributed by atoms with E-state index in [1.165, 1.54) is 24.3 Å². The van der Waals surface area contributed by atoms with Crippen LogP contribution in [-0.2, 0) is 14.6 Å². The first-order chi connectivity index (χ1) is 11.8. The number of hydrogen-bond donors (Lipinski definition) is 1. The number of aromatic nitrogens is 1. The van der Waals surface area contributed by atoms with Crippen LogP contribution in [0.5, 0.6) is 5.75 Å². The Morgan fingerprint density at radius 3 is 2.60 bits per heavy atom. The molecule has 25 heavy (non-hydrogen) atoms. The number of nitrogens with zero attached hydrogens (tertiary/aromatic N) is 1. The summed E-state index contributed by atoms with van der Waals surface area (Å²) in [4.78, 5) is 17.5. The molecule has 0 saturated carbocycles. The minimum Gasteiger partial charge on any atom is -0.497 e. The van der Waals surface area contributed by atoms with Crippen molar-refractivity contribution in [3.63, 3.8) is 0 Å². The molecule has 0 spiro atoms. The van der Waals surface area contributed by atoms with Crippen molar-refractivity contribution in [2.24, 2.45) is 0 Å². The summed E-state index contributed by atoms with van der Waals surface area (Å²) in [6.45, 7) is 6.66. The van der Waals surface area contributed by atoms with Gasteiger partial charge in [-0.15, -0.1) is 17.9 Å². The standard InChI is InChI=1S/C17H20N2O4S2/c1-5-10-25(21,22)12(3)16(20)19-17-18-15(11(2)24-17)13-6-8-14(23-4)9-7-13/h5-9,12H,1,10H2,2-4H3,(H,18,19,20). The van der Waals surface area contributed by atoms with Gasteiger partial charge in [0.25, 0.3) is 0 Å². The van der Waals surface area contributed by atoms with Crippen molar-refractivity contribution in [2.45, 2.75) is 19.1 Å². The number of methoxy groups -OCH3 is 1. The van der Waals surface area contributed by atoms with Gasteiger partial charge in [-0.25, -0.2) is 13.4 Å². The summed E-state index contributed by atoms with van der Waals surface area (Å²) < 4.78 is 29.0. The molecule has 1 aromatic carbocycles. The third kappa shape index (κ3) is 4.46. The van der Waals surface area contributed by atoms with Crippen LogP contribution >= 0.6 is 11.3 Å². The van der Waals surface area contributed by atoms with Crippen molar-refractivity contribution in [3.05, 3.63) is 41.8 Å². The summed E-state index contributed by atoms with van der Waals surface area (Å²) in [5, 5.41) is 1.79. The Hall–Kier alpha value is -2.19. The first kappa shape index (κ1) is 19.1. The number of carbonyl (C=O) groups excluding carboxylic acids is 1. The lowest BCUT2D eigenvalue weighted by Gasteiger charge is -2.10. The molecule has 8 heteroatoms. The predicted molar refractivity (Wildman–Crippen MR) is 101 cm³/mol. The molecule has 1 heterocycles. The first-order valence-electron chi connectivity index (χ1n) is 7.53. The number of hydrogen-bond acceptors (Lipinski definition) is 6. The molecule has 1 unspecified atom stereocenters. The minimum atomic E-state index is -3.56. The van der Waals surface area contributed by atoms with E-state index < -0.39 is 21.0 Å². The number of anilines is 1. The average molecular weight is 380 g/mol. The third-order valence-electron chi connectivity index (χ3n) is 3.65. The van der Waals surface area contributed by atoms with E-state index >= 15 is 0 Å². The van der Waals surface area contributed by atoms with Crippen LogP contribution in [-0.4, -0.2) is 37.4 Å². The lowest BCUT2D eigenvalue weighted by atomic mass is 10.1. The molecule has 0 aliphatic carbocycles. The number of amides is 1. The van der Waals surface area contributed by atoms with Crippen LogP contribution in [0, 0.1) is 6.92 Å². The van der Waals surface area contributed by atoms with Crippen LogP contribution in [0.2, 0.25) is 0 Å². The Balaban J connectivity index is 2.19. The topological polar surface area (TPSA) is 85.4 Å². The molecule has 1 atom stereocenters. The quantitative estimate of drug-likeness (QED) is 0.746. The maximum Gasteiger partial charge on any atom is 0.244 e. The van der Waals surface area contributed by atoms with Crippen molar-refractivity contribution in [1.29, 1.82) is 0 Å². The highest BCUT2D eigenvalue weighted by Gasteiger charge is 2.27. The Morgan fingerprint density at radius 1 is 1.40 bits per heavy atom. The van der Waals surface area contributed by atoms with Crippen molar-refractivity contribution >= 4 is 32.2 Å². The third-order valence-corrected chi connectivity index (χ3v) is 6.53. The summed E-state index contributed by atoms with van der Waals surface area (Å²) >= 11 is 1.30. The number of sulfone groups is 1. The zero-order chi connectivity index (χ0) is 18.6. The molecule has 2 rings (SSSR count). The fourth-order valence-electron chi connectivity index (χ4n) is 2.15. The number of carbonyl (C=O) groups is 1. The number of aryl methyl sites for hydroxylation is 1. The molecule has 2 aromatic rings. The number of benzene rings is 1. The molecule has 0 bridgehead atoms. The van der Waals surface area contributed by atoms with Crippen LogP contribution < -0.4 is 10.1 Å². The fraction of sp³-hybridized carbons (Fsp3) is 0.294. The largest absolute Gasteiger partial charge is 0.497 e. The summed E-state index contributed by atoms with van der Waals surface area (Å²) in [7, 11) is -1.96. The van der Waals surface area contributed by atoms with E-state index in [1.54, 1.807) is 7.11 Å². The van der Waals surface area contributed by atoms with E-state index in [0.717, 1.165) is 21.9 Å². The smallest absolute Gasteiger partial charge is 0.244 e. The van der Waals surface area contributed by atoms with Gasteiger partial charge in [0.05, 0.1) is 18.6 Å². The molecule has 0 fully saturated rings. The highest BCUT2D eigenvalue weighted by atomic mass is 32.2. The summed E-state index contributed by atoms with van der Waals surface area (Å²) in [6, 6.07) is 7.42. The Bertz CT molecular complexity index is 871. The number of thiazole rings is 1. The Morgan fingerprint density at radius 2 is 2.04 bits per heavy atom. The van der Waals surface area contributed by atoms with Gasteiger partial charge in [-0.2, -0.15) is 0 Å². The van der Waals surface area contributed by atoms with E-state index in [-0.39, 0.29) is 5.75 Å². The van der Waals surface area contributed by atoms with Crippen molar-refractivity contribution in [1.82, 2.24) is 4.98 Å². The van der Waals surface area contributed by atoms with Gasteiger partial charge in [0.1, 0.15) is 11.0 Å². The van der Waals surface area contributed by atoms with Gasteiger partial charge < -0.3 is 10.1 Å². The fourth-order valence-corrected chi connectivity index (χ4v) is 3.99. The Labute approximate surface area is 151 Å². The minimum absolute atomic E-state index is 0.240. The number of nitrogens with one attached hydrogen (secondary N) is 1. The number of rotatable bonds is 7. The lowest BCUT2D eigenvalue weighted by Crippen LogP contribution is -2.33. The molecular weight excluding hydrogens is 360 g/mol. The van der Waals surface area contributed by atoms with Crippen LogP contribution in [0.1, 0.15) is 11.8 Å². The number of ether oxygens (including phenoxy) is 1. The maximum atomic E-state index is 12.2. The van der Waals surface area contributed by atoms with Gasteiger partial charge in [-0.05, 0) is 38.1 Å². The average Bonchev–Trinajstić information content (AvgIpc) is 2.94. The van der Waals surface area contributed by atoms with Gasteiger partial charge >= 0.3 is 0 Å². The monoisotopic (exact) mass is 380 g/mol. The molecule has 134 valence electrons. The van der Waals surface area contributed by atoms with Crippen LogP contribution in [0.15, 0.2) is 36.9 Å². The second kappa shape index (κ2) is 7.79. The molecule has 0 radical (unpaired) electrons. The lowest BCUT2D eigenvalue weighted by molar-refractivity contribution is -0.115. The SMILES string of the molecule is C=CCS(=O)(=O)C(C)C(=O)Nc1nc(-c2ccc(OC)cc2)c(C)s1. The second-order valence-corrected chi connectivity index (χ2v) is 8.97. The predicted octanol–water partition coefficient (Wildman–Crippen LogP) is 3.05. The summed E-state index contributed by atoms with van der Waals surface area (Å²) in [5.41, 5.74) is 1.63. The first-order valence-corrected chi connectivity index (χ1v) is 10.1.